The molecule has 2 aromatic carbocycles. The minimum absolute atomic E-state index is 0.0138. The van der Waals surface area contributed by atoms with E-state index in [2.05, 4.69) is 0 Å². The molecule has 0 N–H and O–H groups in total. The smallest absolute Gasteiger partial charge is 0.260 e. The van der Waals surface area contributed by atoms with E-state index < -0.39 is 10.0 Å². The van der Waals surface area contributed by atoms with Crippen LogP contribution in [0, 0.1) is 0 Å². The summed E-state index contributed by atoms with van der Waals surface area (Å²) >= 11 is 1.38. The van der Waals surface area contributed by atoms with E-state index in [1.165, 1.54) is 27.8 Å². The van der Waals surface area contributed by atoms with Crippen molar-refractivity contribution in [1.29, 1.82) is 0 Å². The number of furan rings is 1. The number of para-hydroxylation sites is 1. The maximum absolute atomic E-state index is 13.7. The number of hydrogen-bond acceptors (Lipinski definition) is 7. The van der Waals surface area contributed by atoms with Crippen molar-refractivity contribution in [3.63, 3.8) is 0 Å². The van der Waals surface area contributed by atoms with Gasteiger partial charge in [-0.25, -0.2) is 13.4 Å². The average molecular weight is 540 g/mol. The van der Waals surface area contributed by atoms with Crippen LogP contribution in [0.4, 0.5) is 5.13 Å². The summed E-state index contributed by atoms with van der Waals surface area (Å²) in [4.78, 5) is 20.1. The Morgan fingerprint density at radius 2 is 1.84 bits per heavy atom. The highest BCUT2D eigenvalue weighted by Crippen LogP contribution is 2.35. The van der Waals surface area contributed by atoms with E-state index in [-0.39, 0.29) is 23.4 Å². The quantitative estimate of drug-likeness (QED) is 0.285. The van der Waals surface area contributed by atoms with Gasteiger partial charge in [0.25, 0.3) is 5.91 Å². The predicted octanol–water partition coefficient (Wildman–Crippen LogP) is 5.70. The number of aromatic nitrogens is 1. The highest BCUT2D eigenvalue weighted by Gasteiger charge is 2.30. The SMILES string of the molecule is COc1cccc2sc(N(Cc3ccco3)C(=O)c3ccc(S(=O)(=O)N(C)C4CCCCC4)cc3)nc12. The first kappa shape index (κ1) is 25.4. The van der Waals surface area contributed by atoms with Gasteiger partial charge in [-0.1, -0.05) is 36.7 Å². The number of hydrogen-bond donors (Lipinski definition) is 0. The molecule has 1 saturated carbocycles. The number of ether oxygens (including phenoxy) is 1. The number of amides is 1. The van der Waals surface area contributed by atoms with Crippen molar-refractivity contribution in [3.8, 4) is 5.75 Å². The second-order valence-corrected chi connectivity index (χ2v) is 12.1. The Balaban J connectivity index is 1.44. The van der Waals surface area contributed by atoms with Crippen LogP contribution in [-0.4, -0.2) is 43.8 Å². The van der Waals surface area contributed by atoms with Crippen LogP contribution in [0.1, 0.15) is 48.2 Å². The van der Waals surface area contributed by atoms with Crippen molar-refractivity contribution in [2.45, 2.75) is 49.6 Å². The number of fused-ring (bicyclic) bond motifs is 1. The van der Waals surface area contributed by atoms with Gasteiger partial charge < -0.3 is 9.15 Å². The standard InChI is InChI=1S/C27H29N3O5S2/c1-29(20-8-4-3-5-9-20)37(32,33)22-15-13-19(14-16-22)26(31)30(18-21-10-7-17-35-21)27-28-25-23(34-2)11-6-12-24(25)36-27/h6-7,10-17,20H,3-5,8-9,18H2,1-2H3. The van der Waals surface area contributed by atoms with Crippen LogP contribution in [0.5, 0.6) is 5.75 Å². The Morgan fingerprint density at radius 1 is 1.08 bits per heavy atom. The molecule has 1 aliphatic rings. The molecule has 0 spiro atoms. The van der Waals surface area contributed by atoms with Crippen LogP contribution in [-0.2, 0) is 16.6 Å². The number of sulfonamides is 1. The van der Waals surface area contributed by atoms with Crippen molar-refractivity contribution in [2.75, 3.05) is 19.1 Å². The zero-order chi connectivity index (χ0) is 26.0. The van der Waals surface area contributed by atoms with Crippen LogP contribution < -0.4 is 9.64 Å². The van der Waals surface area contributed by atoms with Gasteiger partial charge in [0, 0.05) is 18.7 Å². The number of carbonyl (C=O) groups excluding carboxylic acids is 1. The van der Waals surface area contributed by atoms with Crippen molar-refractivity contribution < 1.29 is 22.4 Å². The van der Waals surface area contributed by atoms with Crippen molar-refractivity contribution in [2.24, 2.45) is 0 Å². The maximum Gasteiger partial charge on any atom is 0.260 e. The number of nitrogens with zero attached hydrogens (tertiary/aromatic N) is 3. The fourth-order valence-electron chi connectivity index (χ4n) is 4.71. The molecule has 0 aliphatic heterocycles. The second-order valence-electron chi connectivity index (χ2n) is 9.11. The van der Waals surface area contributed by atoms with Gasteiger partial charge in [-0.3, -0.25) is 9.69 Å². The molecule has 0 bridgehead atoms. The van der Waals surface area contributed by atoms with E-state index >= 15 is 0 Å². The molecule has 4 aromatic rings. The molecule has 2 heterocycles. The Labute approximate surface area is 220 Å². The molecule has 37 heavy (non-hydrogen) atoms. The number of carbonyl (C=O) groups is 1. The Morgan fingerprint density at radius 3 is 2.51 bits per heavy atom. The molecular formula is C27H29N3O5S2. The minimum atomic E-state index is -3.65. The molecule has 0 saturated heterocycles. The molecule has 0 unspecified atom stereocenters. The van der Waals surface area contributed by atoms with Gasteiger partial charge in [-0.2, -0.15) is 4.31 Å². The predicted molar refractivity (Wildman–Crippen MR) is 144 cm³/mol. The number of thiazole rings is 1. The third-order valence-electron chi connectivity index (χ3n) is 6.83. The van der Waals surface area contributed by atoms with E-state index in [1.807, 2.05) is 18.2 Å². The summed E-state index contributed by atoms with van der Waals surface area (Å²) in [6, 6.07) is 15.4. The van der Waals surface area contributed by atoms with Gasteiger partial charge in [0.1, 0.15) is 17.0 Å². The molecule has 8 nitrogen and oxygen atoms in total. The van der Waals surface area contributed by atoms with Crippen LogP contribution in [0.25, 0.3) is 10.2 Å². The molecule has 10 heteroatoms. The molecule has 1 aliphatic carbocycles. The zero-order valence-electron chi connectivity index (χ0n) is 20.8. The number of methoxy groups -OCH3 is 1. The van der Waals surface area contributed by atoms with Crippen molar-refractivity contribution in [1.82, 2.24) is 9.29 Å². The van der Waals surface area contributed by atoms with Gasteiger partial charge in [0.05, 0.1) is 29.5 Å². The highest BCUT2D eigenvalue weighted by molar-refractivity contribution is 7.89. The minimum Gasteiger partial charge on any atom is -0.494 e. The third-order valence-corrected chi connectivity index (χ3v) is 9.80. The van der Waals surface area contributed by atoms with Gasteiger partial charge in [0.15, 0.2) is 5.13 Å². The van der Waals surface area contributed by atoms with E-state index in [0.29, 0.717) is 27.7 Å². The lowest BCUT2D eigenvalue weighted by Gasteiger charge is -2.30. The Bertz CT molecular complexity index is 1470. The third kappa shape index (κ3) is 5.14. The number of benzene rings is 2. The van der Waals surface area contributed by atoms with Crippen LogP contribution in [0.15, 0.2) is 70.2 Å². The summed E-state index contributed by atoms with van der Waals surface area (Å²) in [5.74, 6) is 0.925. The Kier molecular flexibility index (Phi) is 7.32. The number of anilines is 1. The summed E-state index contributed by atoms with van der Waals surface area (Å²) in [5, 5.41) is 0.495. The van der Waals surface area contributed by atoms with E-state index in [4.69, 9.17) is 14.1 Å². The first-order valence-electron chi connectivity index (χ1n) is 12.2. The van der Waals surface area contributed by atoms with Gasteiger partial charge in [0.2, 0.25) is 10.0 Å². The lowest BCUT2D eigenvalue weighted by molar-refractivity contribution is 0.0983. The summed E-state index contributed by atoms with van der Waals surface area (Å²) in [7, 11) is -0.416. The van der Waals surface area contributed by atoms with Crippen molar-refractivity contribution >= 4 is 42.6 Å². The van der Waals surface area contributed by atoms with E-state index in [1.54, 1.807) is 49.6 Å². The van der Waals surface area contributed by atoms with E-state index in [0.717, 1.165) is 36.8 Å². The maximum atomic E-state index is 13.7. The average Bonchev–Trinajstić information content (AvgIpc) is 3.61. The molecular weight excluding hydrogens is 510 g/mol. The van der Waals surface area contributed by atoms with Gasteiger partial charge in [-0.05, 0) is 61.4 Å². The number of rotatable bonds is 8. The molecule has 0 atom stereocenters. The molecule has 1 fully saturated rings. The van der Waals surface area contributed by atoms with Gasteiger partial charge in [-0.15, -0.1) is 0 Å². The fraction of sp³-hybridized carbons (Fsp3) is 0.333. The zero-order valence-corrected chi connectivity index (χ0v) is 22.4. The first-order chi connectivity index (χ1) is 17.9. The summed E-state index contributed by atoms with van der Waals surface area (Å²) in [5.41, 5.74) is 1.03. The van der Waals surface area contributed by atoms with Crippen LogP contribution in [0.3, 0.4) is 0 Å². The monoisotopic (exact) mass is 539 g/mol. The molecule has 5 rings (SSSR count). The summed E-state index contributed by atoms with van der Waals surface area (Å²) in [6.07, 6.45) is 6.54. The van der Waals surface area contributed by atoms with Crippen LogP contribution >= 0.6 is 11.3 Å². The fourth-order valence-corrected chi connectivity index (χ4v) is 7.11. The van der Waals surface area contributed by atoms with Crippen LogP contribution in [0.2, 0.25) is 0 Å². The molecule has 2 aromatic heterocycles. The lowest BCUT2D eigenvalue weighted by atomic mass is 9.96. The second kappa shape index (κ2) is 10.6. The van der Waals surface area contributed by atoms with Gasteiger partial charge >= 0.3 is 0 Å². The first-order valence-corrected chi connectivity index (χ1v) is 14.5. The lowest BCUT2D eigenvalue weighted by Crippen LogP contribution is -2.38. The normalized spacial score (nSPS) is 14.8. The summed E-state index contributed by atoms with van der Waals surface area (Å²) in [6.45, 7) is 0.179. The molecule has 1 amide bonds. The largest absolute Gasteiger partial charge is 0.494 e. The Hall–Kier alpha value is -3.21. The highest BCUT2D eigenvalue weighted by atomic mass is 32.2. The summed E-state index contributed by atoms with van der Waals surface area (Å²) < 4.78 is 39.8. The van der Waals surface area contributed by atoms with E-state index in [9.17, 15) is 13.2 Å². The molecule has 0 radical (unpaired) electrons. The molecule has 194 valence electrons. The van der Waals surface area contributed by atoms with Crippen molar-refractivity contribution in [3.05, 3.63) is 72.2 Å². The topological polar surface area (TPSA) is 92.9 Å².